The number of carbonyl (C=O) groups excluding carboxylic acids is 1. The standard InChI is InChI=1S/C7H13NO2S/c1-5(2)4-6(8-11)7(9)10-3/h5-6H,4H2,1-3H3. The lowest BCUT2D eigenvalue weighted by atomic mass is 10.1. The van der Waals surface area contributed by atoms with Gasteiger partial charge >= 0.3 is 5.97 Å². The Kier molecular flexibility index (Phi) is 4.94. The third-order valence-corrected chi connectivity index (χ3v) is 1.55. The van der Waals surface area contributed by atoms with Crippen LogP contribution in [0.15, 0.2) is 4.36 Å². The van der Waals surface area contributed by atoms with E-state index in [0.717, 1.165) is 0 Å². The molecule has 4 heteroatoms. The van der Waals surface area contributed by atoms with E-state index in [0.29, 0.717) is 12.3 Å². The molecule has 0 saturated carbocycles. The predicted molar refractivity (Wildman–Crippen MR) is 45.1 cm³/mol. The molecular formula is C7H13NO2S. The van der Waals surface area contributed by atoms with E-state index in [1.807, 2.05) is 13.8 Å². The molecule has 0 aliphatic carbocycles. The van der Waals surface area contributed by atoms with E-state index < -0.39 is 6.04 Å². The molecule has 0 saturated heterocycles. The summed E-state index contributed by atoms with van der Waals surface area (Å²) in [6, 6.07) is -0.463. The molecule has 0 rings (SSSR count). The van der Waals surface area contributed by atoms with Crippen molar-refractivity contribution in [3.63, 3.8) is 0 Å². The van der Waals surface area contributed by atoms with Crippen LogP contribution in [0, 0.1) is 5.92 Å². The molecule has 0 aromatic carbocycles. The van der Waals surface area contributed by atoms with Gasteiger partial charge in [0.25, 0.3) is 0 Å². The summed E-state index contributed by atoms with van der Waals surface area (Å²) < 4.78 is 8.01. The fourth-order valence-corrected chi connectivity index (χ4v) is 0.937. The lowest BCUT2D eigenvalue weighted by Gasteiger charge is -2.09. The minimum Gasteiger partial charge on any atom is -0.467 e. The van der Waals surface area contributed by atoms with Crippen LogP contribution < -0.4 is 0 Å². The molecule has 0 aromatic rings. The van der Waals surface area contributed by atoms with Crippen molar-refractivity contribution < 1.29 is 9.53 Å². The summed E-state index contributed by atoms with van der Waals surface area (Å²) in [6.45, 7) is 4.02. The Morgan fingerprint density at radius 1 is 1.64 bits per heavy atom. The smallest absolute Gasteiger partial charge is 0.331 e. The molecule has 0 aliphatic rings. The van der Waals surface area contributed by atoms with Gasteiger partial charge in [0, 0.05) is 12.4 Å². The fraction of sp³-hybridized carbons (Fsp3) is 0.857. The van der Waals surface area contributed by atoms with Gasteiger partial charge in [-0.2, -0.15) is 0 Å². The van der Waals surface area contributed by atoms with Crippen molar-refractivity contribution >= 4 is 18.4 Å². The van der Waals surface area contributed by atoms with E-state index in [2.05, 4.69) is 21.5 Å². The van der Waals surface area contributed by atoms with E-state index >= 15 is 0 Å². The minimum atomic E-state index is -0.463. The second-order valence-electron chi connectivity index (χ2n) is 2.77. The zero-order valence-corrected chi connectivity index (χ0v) is 7.85. The molecule has 0 fully saturated rings. The molecule has 1 atom stereocenters. The van der Waals surface area contributed by atoms with Crippen LogP contribution in [-0.2, 0) is 22.0 Å². The molecule has 0 spiro atoms. The average Bonchev–Trinajstić information content (AvgIpc) is 1.98. The highest BCUT2D eigenvalue weighted by atomic mass is 32.1. The topological polar surface area (TPSA) is 38.7 Å². The molecular weight excluding hydrogens is 162 g/mol. The first-order valence-electron chi connectivity index (χ1n) is 3.52. The van der Waals surface area contributed by atoms with Gasteiger partial charge in [0.1, 0.15) is 0 Å². The maximum atomic E-state index is 10.9. The van der Waals surface area contributed by atoms with E-state index in [9.17, 15) is 4.79 Å². The normalized spacial score (nSPS) is 12.7. The SMILES string of the molecule is COC(=O)C(CC(C)C)N=S. The molecule has 3 nitrogen and oxygen atoms in total. The Labute approximate surface area is 72.3 Å². The van der Waals surface area contributed by atoms with Crippen LogP contribution in [0.3, 0.4) is 0 Å². The number of carbonyl (C=O) groups is 1. The van der Waals surface area contributed by atoms with Crippen LogP contribution in [-0.4, -0.2) is 19.1 Å². The lowest BCUT2D eigenvalue weighted by Crippen LogP contribution is -2.21. The zero-order valence-electron chi connectivity index (χ0n) is 7.03. The summed E-state index contributed by atoms with van der Waals surface area (Å²) in [7, 11) is 1.34. The van der Waals surface area contributed by atoms with Gasteiger partial charge in [-0.1, -0.05) is 13.8 Å². The highest BCUT2D eigenvalue weighted by molar-refractivity contribution is 7.47. The van der Waals surface area contributed by atoms with E-state index in [-0.39, 0.29) is 5.97 Å². The van der Waals surface area contributed by atoms with E-state index in [1.165, 1.54) is 7.11 Å². The molecule has 0 heterocycles. The average molecular weight is 175 g/mol. The van der Waals surface area contributed by atoms with Crippen LogP contribution in [0.25, 0.3) is 0 Å². The van der Waals surface area contributed by atoms with Crippen molar-refractivity contribution in [3.8, 4) is 0 Å². The first-order valence-corrected chi connectivity index (χ1v) is 3.88. The van der Waals surface area contributed by atoms with Crippen molar-refractivity contribution in [1.82, 2.24) is 0 Å². The Morgan fingerprint density at radius 3 is 2.45 bits per heavy atom. The Hall–Kier alpha value is -0.510. The Morgan fingerprint density at radius 2 is 2.18 bits per heavy atom. The van der Waals surface area contributed by atoms with Crippen molar-refractivity contribution in [2.75, 3.05) is 7.11 Å². The van der Waals surface area contributed by atoms with Crippen molar-refractivity contribution in [2.24, 2.45) is 10.3 Å². The molecule has 64 valence electrons. The van der Waals surface area contributed by atoms with Gasteiger partial charge in [0.15, 0.2) is 6.04 Å². The Bertz CT molecular complexity index is 147. The number of methoxy groups -OCH3 is 1. The summed E-state index contributed by atoms with van der Waals surface area (Å²) in [5.41, 5.74) is 0. The highest BCUT2D eigenvalue weighted by Crippen LogP contribution is 2.08. The van der Waals surface area contributed by atoms with Crippen molar-refractivity contribution in [2.45, 2.75) is 26.3 Å². The van der Waals surface area contributed by atoms with Gasteiger partial charge in [0.2, 0.25) is 0 Å². The maximum Gasteiger partial charge on any atom is 0.331 e. The highest BCUT2D eigenvalue weighted by Gasteiger charge is 2.18. The molecule has 0 radical (unpaired) electrons. The van der Waals surface area contributed by atoms with E-state index in [4.69, 9.17) is 0 Å². The lowest BCUT2D eigenvalue weighted by molar-refractivity contribution is -0.142. The van der Waals surface area contributed by atoms with E-state index in [1.54, 1.807) is 0 Å². The second kappa shape index (κ2) is 5.18. The van der Waals surface area contributed by atoms with Crippen LogP contribution in [0.5, 0.6) is 0 Å². The van der Waals surface area contributed by atoms with Gasteiger partial charge in [-0.3, -0.25) is 0 Å². The molecule has 0 bridgehead atoms. The first kappa shape index (κ1) is 10.5. The van der Waals surface area contributed by atoms with Gasteiger partial charge in [0.05, 0.1) is 7.11 Å². The van der Waals surface area contributed by atoms with Crippen LogP contribution in [0.4, 0.5) is 0 Å². The second-order valence-corrected chi connectivity index (χ2v) is 2.98. The Balaban J connectivity index is 3.95. The predicted octanol–water partition coefficient (Wildman–Crippen LogP) is 1.30. The van der Waals surface area contributed by atoms with Crippen LogP contribution in [0.2, 0.25) is 0 Å². The summed E-state index contributed by atoms with van der Waals surface area (Å²) >= 11 is 4.46. The molecule has 0 N–H and O–H groups in total. The van der Waals surface area contributed by atoms with Crippen LogP contribution >= 0.6 is 0 Å². The van der Waals surface area contributed by atoms with Crippen LogP contribution in [0.1, 0.15) is 20.3 Å². The first-order chi connectivity index (χ1) is 5.11. The largest absolute Gasteiger partial charge is 0.467 e. The quantitative estimate of drug-likeness (QED) is 0.605. The fourth-order valence-electron chi connectivity index (χ4n) is 0.765. The summed E-state index contributed by atoms with van der Waals surface area (Å²) in [6.07, 6.45) is 0.663. The van der Waals surface area contributed by atoms with Gasteiger partial charge in [-0.05, 0) is 12.3 Å². The molecule has 1 unspecified atom stereocenters. The summed E-state index contributed by atoms with van der Waals surface area (Å²) in [4.78, 5) is 10.9. The molecule has 0 aromatic heterocycles. The third-order valence-electron chi connectivity index (χ3n) is 1.30. The van der Waals surface area contributed by atoms with Gasteiger partial charge in [-0.15, -0.1) is 0 Å². The number of esters is 1. The van der Waals surface area contributed by atoms with Gasteiger partial charge in [-0.25, -0.2) is 9.16 Å². The maximum absolute atomic E-state index is 10.9. The monoisotopic (exact) mass is 175 g/mol. The molecule has 11 heavy (non-hydrogen) atoms. The number of hydrogen-bond donors (Lipinski definition) is 0. The number of ether oxygens (including phenoxy) is 1. The summed E-state index contributed by atoms with van der Waals surface area (Å²) in [5, 5.41) is 0. The summed E-state index contributed by atoms with van der Waals surface area (Å²) in [5.74, 6) is 0.0690. The van der Waals surface area contributed by atoms with Crippen molar-refractivity contribution in [1.29, 1.82) is 0 Å². The number of rotatable bonds is 4. The minimum absolute atomic E-state index is 0.339. The molecule has 0 amide bonds. The zero-order chi connectivity index (χ0) is 8.85. The van der Waals surface area contributed by atoms with Gasteiger partial charge < -0.3 is 4.74 Å². The third kappa shape index (κ3) is 4.03. The number of nitrogens with zero attached hydrogens (tertiary/aromatic N) is 1. The molecule has 0 aliphatic heterocycles. The number of hydrogen-bond acceptors (Lipinski definition) is 4. The van der Waals surface area contributed by atoms with Crippen molar-refractivity contribution in [3.05, 3.63) is 0 Å².